The molecule has 17 heavy (non-hydrogen) atoms. The molecule has 3 N–H and O–H groups in total. The van der Waals surface area contributed by atoms with Gasteiger partial charge >= 0.3 is 0 Å². The Morgan fingerprint density at radius 1 is 1.59 bits per heavy atom. The van der Waals surface area contributed by atoms with E-state index in [4.69, 9.17) is 5.73 Å². The topological polar surface area (TPSA) is 80.4 Å². The van der Waals surface area contributed by atoms with Crippen molar-refractivity contribution < 1.29 is 13.5 Å². The van der Waals surface area contributed by atoms with E-state index in [-0.39, 0.29) is 5.75 Å². The lowest BCUT2D eigenvalue weighted by Crippen LogP contribution is -2.33. The fourth-order valence-corrected chi connectivity index (χ4v) is 4.39. The molecular weight excluding hydrogens is 421 g/mol. The van der Waals surface area contributed by atoms with Gasteiger partial charge in [0.1, 0.15) is 6.10 Å². The molecule has 0 fully saturated rings. The Morgan fingerprint density at radius 3 is 2.65 bits per heavy atom. The van der Waals surface area contributed by atoms with Crippen molar-refractivity contribution in [2.24, 2.45) is 0 Å². The highest BCUT2D eigenvalue weighted by atomic mass is 127. The average Bonchev–Trinajstić information content (AvgIpc) is 2.27. The Balaban J connectivity index is 3.17. The number of hydrogen-bond donors (Lipinski definition) is 2. The van der Waals surface area contributed by atoms with Crippen LogP contribution in [0.15, 0.2) is 24.3 Å². The van der Waals surface area contributed by atoms with Crippen LogP contribution in [0.2, 0.25) is 0 Å². The van der Waals surface area contributed by atoms with Crippen molar-refractivity contribution in [3.8, 4) is 0 Å². The predicted molar refractivity (Wildman–Crippen MR) is 81.0 cm³/mol. The Morgan fingerprint density at radius 2 is 2.18 bits per heavy atom. The maximum atomic E-state index is 11.9. The molecule has 2 atom stereocenters. The second kappa shape index (κ2) is 5.41. The number of halogens is 2. The second-order valence-electron chi connectivity index (χ2n) is 3.54. The molecule has 0 aliphatic rings. The smallest absolute Gasteiger partial charge is 0.207 e. The molecule has 0 saturated heterocycles. The summed E-state index contributed by atoms with van der Waals surface area (Å²) in [6.45, 7) is 1.54. The van der Waals surface area contributed by atoms with Gasteiger partial charge in [0.25, 0.3) is 0 Å². The third kappa shape index (κ3) is 3.12. The van der Waals surface area contributed by atoms with E-state index in [9.17, 15) is 13.5 Å². The van der Waals surface area contributed by atoms with Crippen LogP contribution in [-0.4, -0.2) is 20.9 Å². The third-order valence-electron chi connectivity index (χ3n) is 2.34. The molecule has 1 aromatic rings. The van der Waals surface area contributed by atoms with Gasteiger partial charge in [-0.05, 0) is 40.3 Å². The molecule has 0 spiro atoms. The second-order valence-corrected chi connectivity index (χ2v) is 11.7. The van der Waals surface area contributed by atoms with Crippen LogP contribution in [0.25, 0.3) is 0 Å². The third-order valence-corrected chi connectivity index (χ3v) is 8.67. The highest BCUT2D eigenvalue weighted by Crippen LogP contribution is 2.45. The lowest BCUT2D eigenvalue weighted by molar-refractivity contribution is 0.191. The normalized spacial score (nSPS) is 17.4. The van der Waals surface area contributed by atoms with Gasteiger partial charge in [-0.25, -0.2) is 8.42 Å². The zero-order chi connectivity index (χ0) is 13.3. The highest BCUT2D eigenvalue weighted by Gasteiger charge is 2.45. The minimum absolute atomic E-state index is 0.0550. The number of nitrogen functional groups attached to an aromatic ring is 1. The van der Waals surface area contributed by atoms with E-state index in [1.54, 1.807) is 46.9 Å². The first-order valence-electron chi connectivity index (χ1n) is 4.86. The minimum Gasteiger partial charge on any atom is -0.399 e. The Bertz CT molecular complexity index is 504. The lowest BCUT2D eigenvalue weighted by Gasteiger charge is -2.26. The van der Waals surface area contributed by atoms with Crippen molar-refractivity contribution in [3.63, 3.8) is 0 Å². The molecule has 4 nitrogen and oxygen atoms in total. The summed E-state index contributed by atoms with van der Waals surface area (Å²) in [6, 6.07) is 6.55. The lowest BCUT2D eigenvalue weighted by atomic mass is 10.1. The average molecular weight is 434 g/mol. The first kappa shape index (κ1) is 15.2. The van der Waals surface area contributed by atoms with Crippen LogP contribution in [0.1, 0.15) is 18.6 Å². The molecule has 1 rings (SSSR count). The first-order valence-corrected chi connectivity index (χ1v) is 8.38. The number of alkyl halides is 2. The molecular formula is C10H13BrINO3S. The summed E-state index contributed by atoms with van der Waals surface area (Å²) in [6.07, 6.45) is -1.18. The monoisotopic (exact) mass is 433 g/mol. The van der Waals surface area contributed by atoms with Gasteiger partial charge < -0.3 is 10.8 Å². The van der Waals surface area contributed by atoms with E-state index in [1.165, 1.54) is 6.92 Å². The van der Waals surface area contributed by atoms with E-state index in [0.717, 1.165) is 0 Å². The molecule has 0 bridgehead atoms. The molecule has 0 heterocycles. The van der Waals surface area contributed by atoms with E-state index < -0.39 is 17.6 Å². The summed E-state index contributed by atoms with van der Waals surface area (Å²) in [5.41, 5.74) is 6.55. The van der Waals surface area contributed by atoms with Gasteiger partial charge in [-0.2, -0.15) is 0 Å². The molecule has 0 aliphatic heterocycles. The van der Waals surface area contributed by atoms with Gasteiger partial charge in [0.05, 0.1) is 0 Å². The van der Waals surface area contributed by atoms with Crippen LogP contribution in [-0.2, 0) is 9.84 Å². The zero-order valence-corrected chi connectivity index (χ0v) is 13.7. The van der Waals surface area contributed by atoms with Gasteiger partial charge in [0.2, 0.25) is 1.66 Å². The van der Waals surface area contributed by atoms with E-state index >= 15 is 0 Å². The molecule has 0 saturated carbocycles. The molecule has 1 aromatic carbocycles. The molecule has 96 valence electrons. The van der Waals surface area contributed by atoms with Crippen LogP contribution in [0, 0.1) is 0 Å². The van der Waals surface area contributed by atoms with Crippen LogP contribution in [0.5, 0.6) is 0 Å². The van der Waals surface area contributed by atoms with Crippen molar-refractivity contribution in [3.05, 3.63) is 29.8 Å². The number of aliphatic hydroxyl groups excluding tert-OH is 1. The Kier molecular flexibility index (Phi) is 4.84. The van der Waals surface area contributed by atoms with Crippen LogP contribution in [0.4, 0.5) is 5.69 Å². The molecule has 0 aromatic heterocycles. The molecule has 7 heteroatoms. The number of anilines is 1. The summed E-state index contributed by atoms with van der Waals surface area (Å²) >= 11 is 4.80. The van der Waals surface area contributed by atoms with Crippen molar-refractivity contribution in [1.29, 1.82) is 0 Å². The Hall–Kier alpha value is 0.140. The maximum absolute atomic E-state index is 11.9. The summed E-state index contributed by atoms with van der Waals surface area (Å²) in [4.78, 5) is 0. The minimum atomic E-state index is -3.45. The fraction of sp³-hybridized carbons (Fsp3) is 0.400. The van der Waals surface area contributed by atoms with Gasteiger partial charge in [0.15, 0.2) is 9.84 Å². The number of sulfone groups is 1. The zero-order valence-electron chi connectivity index (χ0n) is 9.10. The quantitative estimate of drug-likeness (QED) is 0.433. The van der Waals surface area contributed by atoms with Crippen molar-refractivity contribution in [1.82, 2.24) is 0 Å². The van der Waals surface area contributed by atoms with Crippen LogP contribution >= 0.6 is 38.5 Å². The van der Waals surface area contributed by atoms with Crippen molar-refractivity contribution in [2.75, 3.05) is 11.5 Å². The number of hydrogen-bond acceptors (Lipinski definition) is 4. The van der Waals surface area contributed by atoms with E-state index in [1.807, 2.05) is 0 Å². The number of benzene rings is 1. The summed E-state index contributed by atoms with van der Waals surface area (Å²) in [5.74, 6) is -0.0550. The van der Waals surface area contributed by atoms with Gasteiger partial charge in [-0.15, -0.1) is 0 Å². The van der Waals surface area contributed by atoms with Crippen molar-refractivity contribution in [2.45, 2.75) is 14.7 Å². The fourth-order valence-electron chi connectivity index (χ4n) is 1.29. The molecule has 0 radical (unpaired) electrons. The van der Waals surface area contributed by atoms with Crippen LogP contribution in [0.3, 0.4) is 0 Å². The Labute approximate surface area is 123 Å². The summed E-state index contributed by atoms with van der Waals surface area (Å²) < 4.78 is 22.3. The van der Waals surface area contributed by atoms with Gasteiger partial charge in [0, 0.05) is 11.4 Å². The first-order chi connectivity index (χ1) is 7.72. The predicted octanol–water partition coefficient (Wildman–Crippen LogP) is 2.22. The summed E-state index contributed by atoms with van der Waals surface area (Å²) in [7, 11) is -3.45. The number of rotatable bonds is 4. The largest absolute Gasteiger partial charge is 0.399 e. The van der Waals surface area contributed by atoms with Gasteiger partial charge in [-0.3, -0.25) is 0 Å². The SMILES string of the molecule is CCS(=O)(=O)[C@@](Br)(I)[C@H](O)c1cccc(N)c1. The van der Waals surface area contributed by atoms with E-state index in [2.05, 4.69) is 15.9 Å². The van der Waals surface area contributed by atoms with E-state index in [0.29, 0.717) is 11.3 Å². The van der Waals surface area contributed by atoms with Crippen molar-refractivity contribution >= 4 is 54.0 Å². The van der Waals surface area contributed by atoms with Crippen LogP contribution < -0.4 is 5.73 Å². The molecule has 0 amide bonds. The van der Waals surface area contributed by atoms with Gasteiger partial charge in [-0.1, -0.05) is 35.0 Å². The maximum Gasteiger partial charge on any atom is 0.207 e. The number of nitrogens with two attached hydrogens (primary N) is 1. The summed E-state index contributed by atoms with van der Waals surface area (Å²) in [5, 5.41) is 10.2. The number of aliphatic hydroxyl groups is 1. The standard InChI is InChI=1S/C10H13BrINO3S/c1-2-17(15,16)10(11,12)9(14)7-4-3-5-8(13)6-7/h3-6,9,14H,2,13H2,1H3/t9-,10+/m1/s1. The molecule has 0 unspecified atom stereocenters. The highest BCUT2D eigenvalue weighted by molar-refractivity contribution is 14.1. The molecule has 0 aliphatic carbocycles.